The van der Waals surface area contributed by atoms with E-state index >= 15 is 0 Å². The number of carboxylic acid groups (broad SMARTS) is 1. The number of aliphatic carboxylic acids is 1. The standard InChI is InChI=1S/C29H38N4O5/c1-18(2)16-25(27(35)32-24-11-7-5-9-22(24)28(36)37)31-26(34)17-20-12-14-21(15-13-20)30-29(38)33-23-10-6-4-8-19(23)3/h4,6,8,10,12-15,18,22,24-25H,5,7,9,11,16-17H2,1-3H3,(H,31,34)(H,32,35)(H,36,37)(H2,30,33,38)/t22-,24+,25+/m1/s1. The maximum atomic E-state index is 13.0. The highest BCUT2D eigenvalue weighted by atomic mass is 16.4. The Balaban J connectivity index is 1.55. The minimum absolute atomic E-state index is 0.0682. The van der Waals surface area contributed by atoms with Crippen molar-refractivity contribution in [2.45, 2.75) is 71.4 Å². The minimum Gasteiger partial charge on any atom is -0.481 e. The molecule has 0 radical (unpaired) electrons. The topological polar surface area (TPSA) is 137 Å². The second-order valence-corrected chi connectivity index (χ2v) is 10.4. The van der Waals surface area contributed by atoms with Crippen molar-refractivity contribution in [3.8, 4) is 0 Å². The lowest BCUT2D eigenvalue weighted by Crippen LogP contribution is -2.53. The number of para-hydroxylation sites is 1. The highest BCUT2D eigenvalue weighted by molar-refractivity contribution is 6.00. The van der Waals surface area contributed by atoms with E-state index in [0.717, 1.165) is 29.7 Å². The van der Waals surface area contributed by atoms with Gasteiger partial charge in [0.15, 0.2) is 0 Å². The van der Waals surface area contributed by atoms with Gasteiger partial charge in [-0.05, 0) is 61.4 Å². The lowest BCUT2D eigenvalue weighted by molar-refractivity contribution is -0.144. The Morgan fingerprint density at radius 3 is 2.29 bits per heavy atom. The molecule has 1 saturated carbocycles. The normalized spacial score (nSPS) is 17.8. The van der Waals surface area contributed by atoms with Crippen LogP contribution in [-0.4, -0.2) is 41.0 Å². The number of amides is 4. The van der Waals surface area contributed by atoms with E-state index in [2.05, 4.69) is 21.3 Å². The molecule has 2 aromatic rings. The smallest absolute Gasteiger partial charge is 0.323 e. The van der Waals surface area contributed by atoms with Gasteiger partial charge in [-0.3, -0.25) is 14.4 Å². The number of nitrogens with one attached hydrogen (secondary N) is 4. The number of urea groups is 1. The predicted octanol–water partition coefficient (Wildman–Crippen LogP) is 4.47. The average molecular weight is 523 g/mol. The van der Waals surface area contributed by atoms with Gasteiger partial charge in [-0.15, -0.1) is 0 Å². The first kappa shape index (κ1) is 28.7. The Kier molecular flexibility index (Phi) is 10.3. The summed E-state index contributed by atoms with van der Waals surface area (Å²) in [5.74, 6) is -1.99. The number of hydrogen-bond acceptors (Lipinski definition) is 4. The fourth-order valence-electron chi connectivity index (χ4n) is 4.72. The number of benzene rings is 2. The van der Waals surface area contributed by atoms with Crippen LogP contribution in [0, 0.1) is 18.8 Å². The molecule has 2 aromatic carbocycles. The van der Waals surface area contributed by atoms with Crippen LogP contribution in [0.1, 0.15) is 57.1 Å². The largest absolute Gasteiger partial charge is 0.481 e. The van der Waals surface area contributed by atoms with E-state index in [0.29, 0.717) is 24.9 Å². The molecule has 0 spiro atoms. The van der Waals surface area contributed by atoms with E-state index in [1.165, 1.54) is 0 Å². The van der Waals surface area contributed by atoms with Gasteiger partial charge in [0.2, 0.25) is 11.8 Å². The summed E-state index contributed by atoms with van der Waals surface area (Å²) in [4.78, 5) is 49.8. The zero-order valence-corrected chi connectivity index (χ0v) is 22.3. The molecule has 0 heterocycles. The summed E-state index contributed by atoms with van der Waals surface area (Å²) in [6, 6.07) is 12.9. The summed E-state index contributed by atoms with van der Waals surface area (Å²) in [6.07, 6.45) is 3.38. The van der Waals surface area contributed by atoms with Crippen molar-refractivity contribution in [1.29, 1.82) is 0 Å². The Labute approximate surface area is 223 Å². The molecule has 0 saturated heterocycles. The van der Waals surface area contributed by atoms with E-state index in [1.54, 1.807) is 24.3 Å². The van der Waals surface area contributed by atoms with Crippen molar-refractivity contribution in [3.63, 3.8) is 0 Å². The number of aryl methyl sites for hydroxylation is 1. The summed E-state index contributed by atoms with van der Waals surface area (Å²) in [6.45, 7) is 5.84. The van der Waals surface area contributed by atoms with Crippen molar-refractivity contribution >= 4 is 35.2 Å². The summed E-state index contributed by atoms with van der Waals surface area (Å²) >= 11 is 0. The van der Waals surface area contributed by atoms with Crippen LogP contribution in [0.4, 0.5) is 16.2 Å². The minimum atomic E-state index is -0.898. The monoisotopic (exact) mass is 522 g/mol. The molecular formula is C29H38N4O5. The zero-order chi connectivity index (χ0) is 27.7. The second kappa shape index (κ2) is 13.6. The summed E-state index contributed by atoms with van der Waals surface area (Å²) in [5.41, 5.74) is 2.99. The summed E-state index contributed by atoms with van der Waals surface area (Å²) in [7, 11) is 0. The number of rotatable bonds is 10. The van der Waals surface area contributed by atoms with Gasteiger partial charge in [0.1, 0.15) is 6.04 Å². The van der Waals surface area contributed by atoms with E-state index in [-0.39, 0.29) is 30.2 Å². The number of carbonyl (C=O) groups is 4. The number of anilines is 2. The van der Waals surface area contributed by atoms with Crippen LogP contribution in [0.25, 0.3) is 0 Å². The van der Waals surface area contributed by atoms with Crippen molar-refractivity contribution in [1.82, 2.24) is 10.6 Å². The van der Waals surface area contributed by atoms with Gasteiger partial charge in [0.05, 0.1) is 12.3 Å². The first-order valence-electron chi connectivity index (χ1n) is 13.2. The van der Waals surface area contributed by atoms with Crippen molar-refractivity contribution in [2.75, 3.05) is 10.6 Å². The maximum absolute atomic E-state index is 13.0. The van der Waals surface area contributed by atoms with Crippen LogP contribution in [0.5, 0.6) is 0 Å². The Bertz CT molecular complexity index is 1130. The van der Waals surface area contributed by atoms with Crippen LogP contribution >= 0.6 is 0 Å². The van der Waals surface area contributed by atoms with Gasteiger partial charge in [-0.25, -0.2) is 4.79 Å². The zero-order valence-electron chi connectivity index (χ0n) is 22.3. The molecule has 3 atom stereocenters. The third-order valence-electron chi connectivity index (χ3n) is 6.74. The van der Waals surface area contributed by atoms with Gasteiger partial charge in [-0.1, -0.05) is 57.0 Å². The Morgan fingerprint density at radius 2 is 1.63 bits per heavy atom. The van der Waals surface area contributed by atoms with Gasteiger partial charge >= 0.3 is 12.0 Å². The number of carbonyl (C=O) groups excluding carboxylic acids is 3. The lowest BCUT2D eigenvalue weighted by atomic mass is 9.84. The van der Waals surface area contributed by atoms with E-state index in [1.807, 2.05) is 45.0 Å². The fraction of sp³-hybridized carbons (Fsp3) is 0.448. The molecular weight excluding hydrogens is 484 g/mol. The van der Waals surface area contributed by atoms with Crippen molar-refractivity contribution in [2.24, 2.45) is 11.8 Å². The molecule has 9 heteroatoms. The van der Waals surface area contributed by atoms with Crippen LogP contribution < -0.4 is 21.3 Å². The number of carboxylic acids is 1. The second-order valence-electron chi connectivity index (χ2n) is 10.4. The molecule has 204 valence electrons. The van der Waals surface area contributed by atoms with Gasteiger partial charge in [-0.2, -0.15) is 0 Å². The van der Waals surface area contributed by atoms with Crippen LogP contribution in [-0.2, 0) is 20.8 Å². The highest BCUT2D eigenvalue weighted by Gasteiger charge is 2.33. The van der Waals surface area contributed by atoms with Crippen LogP contribution in [0.2, 0.25) is 0 Å². The molecule has 0 aliphatic heterocycles. The molecule has 0 aromatic heterocycles. The molecule has 0 unspecified atom stereocenters. The highest BCUT2D eigenvalue weighted by Crippen LogP contribution is 2.25. The Morgan fingerprint density at radius 1 is 0.947 bits per heavy atom. The van der Waals surface area contributed by atoms with Crippen LogP contribution in [0.15, 0.2) is 48.5 Å². The van der Waals surface area contributed by atoms with E-state index < -0.39 is 24.0 Å². The van der Waals surface area contributed by atoms with Gasteiger partial charge in [0, 0.05) is 17.4 Å². The molecule has 1 aliphatic carbocycles. The molecule has 3 rings (SSSR count). The molecule has 38 heavy (non-hydrogen) atoms. The van der Waals surface area contributed by atoms with Gasteiger partial charge in [0.25, 0.3) is 0 Å². The molecule has 9 nitrogen and oxygen atoms in total. The third kappa shape index (κ3) is 8.61. The Hall–Kier alpha value is -3.88. The molecule has 0 bridgehead atoms. The lowest BCUT2D eigenvalue weighted by Gasteiger charge is -2.31. The first-order chi connectivity index (χ1) is 18.1. The quantitative estimate of drug-likeness (QED) is 0.314. The first-order valence-corrected chi connectivity index (χ1v) is 13.2. The SMILES string of the molecule is Cc1ccccc1NC(=O)Nc1ccc(CC(=O)N[C@@H](CC(C)C)C(=O)N[C@H]2CCCC[C@H]2C(=O)O)cc1. The van der Waals surface area contributed by atoms with E-state index in [9.17, 15) is 24.3 Å². The van der Waals surface area contributed by atoms with E-state index in [4.69, 9.17) is 0 Å². The van der Waals surface area contributed by atoms with Crippen LogP contribution in [0.3, 0.4) is 0 Å². The molecule has 1 fully saturated rings. The number of hydrogen-bond donors (Lipinski definition) is 5. The third-order valence-corrected chi connectivity index (χ3v) is 6.74. The van der Waals surface area contributed by atoms with Gasteiger partial charge < -0.3 is 26.4 Å². The molecule has 4 amide bonds. The average Bonchev–Trinajstić information content (AvgIpc) is 2.86. The molecule has 1 aliphatic rings. The maximum Gasteiger partial charge on any atom is 0.323 e. The predicted molar refractivity (Wildman–Crippen MR) is 147 cm³/mol. The molecule has 5 N–H and O–H groups in total. The fourth-order valence-corrected chi connectivity index (χ4v) is 4.72. The van der Waals surface area contributed by atoms with Crippen molar-refractivity contribution in [3.05, 3.63) is 59.7 Å². The van der Waals surface area contributed by atoms with Crippen molar-refractivity contribution < 1.29 is 24.3 Å². The summed E-state index contributed by atoms with van der Waals surface area (Å²) in [5, 5.41) is 20.8. The summed E-state index contributed by atoms with van der Waals surface area (Å²) < 4.78 is 0.